The van der Waals surface area contributed by atoms with Crippen molar-refractivity contribution >= 4 is 9.84 Å². The Morgan fingerprint density at radius 1 is 0.600 bits per heavy atom. The average molecular weight is 483 g/mol. The van der Waals surface area contributed by atoms with Gasteiger partial charge < -0.3 is 5.11 Å². The number of aliphatic hydroxyl groups excluding tert-OH is 1. The standard InChI is InChI=1S/C31H30O3S/c32-31(27-11-7-8-12-27)30(25-17-15-24(16-18-25)23-9-3-1-4-10-23)26-19-21-29(22-20-26)35(33,34)28-13-5-2-6-14-28/h1-6,9-10,13-22,27,30-32H,7-8,11-12H2/t30?,31-/m0/s1. The van der Waals surface area contributed by atoms with Crippen LogP contribution in [0, 0.1) is 5.92 Å². The number of sulfone groups is 1. The third-order valence-electron chi connectivity index (χ3n) is 7.20. The van der Waals surface area contributed by atoms with Gasteiger partial charge in [-0.2, -0.15) is 0 Å². The van der Waals surface area contributed by atoms with E-state index in [0.29, 0.717) is 0 Å². The van der Waals surface area contributed by atoms with Crippen LogP contribution in [0.15, 0.2) is 119 Å². The number of aliphatic hydroxyl groups is 1. The molecule has 1 N–H and O–H groups in total. The zero-order valence-corrected chi connectivity index (χ0v) is 20.4. The molecule has 1 aliphatic rings. The van der Waals surface area contributed by atoms with Gasteiger partial charge in [0.05, 0.1) is 15.9 Å². The fourth-order valence-corrected chi connectivity index (χ4v) is 6.54. The number of benzene rings is 4. The summed E-state index contributed by atoms with van der Waals surface area (Å²) in [6, 6.07) is 34.2. The molecular weight excluding hydrogens is 452 g/mol. The molecule has 1 unspecified atom stereocenters. The van der Waals surface area contributed by atoms with Crippen molar-refractivity contribution in [3.05, 3.63) is 120 Å². The fraction of sp³-hybridized carbons (Fsp3) is 0.226. The van der Waals surface area contributed by atoms with Gasteiger partial charge in [-0.15, -0.1) is 0 Å². The van der Waals surface area contributed by atoms with Gasteiger partial charge in [-0.3, -0.25) is 0 Å². The molecule has 0 aromatic heterocycles. The molecule has 4 aromatic carbocycles. The maximum Gasteiger partial charge on any atom is 0.206 e. The predicted octanol–water partition coefficient (Wildman–Crippen LogP) is 6.87. The Bertz CT molecular complexity index is 1340. The second kappa shape index (κ2) is 10.2. The van der Waals surface area contributed by atoms with Crippen molar-refractivity contribution in [2.45, 2.75) is 47.5 Å². The van der Waals surface area contributed by atoms with Crippen LogP contribution in [0.3, 0.4) is 0 Å². The fourth-order valence-electron chi connectivity index (χ4n) is 5.26. The van der Waals surface area contributed by atoms with Crippen LogP contribution in [-0.2, 0) is 9.84 Å². The van der Waals surface area contributed by atoms with Crippen LogP contribution in [-0.4, -0.2) is 19.6 Å². The first-order chi connectivity index (χ1) is 17.0. The second-order valence-corrected chi connectivity index (χ2v) is 11.3. The van der Waals surface area contributed by atoms with Crippen molar-refractivity contribution in [1.29, 1.82) is 0 Å². The molecule has 1 fully saturated rings. The van der Waals surface area contributed by atoms with Crippen molar-refractivity contribution in [3.8, 4) is 11.1 Å². The van der Waals surface area contributed by atoms with Gasteiger partial charge >= 0.3 is 0 Å². The molecule has 0 bridgehead atoms. The molecular formula is C31H30O3S. The smallest absolute Gasteiger partial charge is 0.206 e. The highest BCUT2D eigenvalue weighted by Gasteiger charge is 2.32. The summed E-state index contributed by atoms with van der Waals surface area (Å²) in [6.07, 6.45) is 3.84. The SMILES string of the molecule is O=S(=O)(c1ccccc1)c1ccc(C(c2ccc(-c3ccccc3)cc2)[C@@H](O)C2CCCC2)cc1. The molecule has 3 nitrogen and oxygen atoms in total. The van der Waals surface area contributed by atoms with Crippen LogP contribution >= 0.6 is 0 Å². The third-order valence-corrected chi connectivity index (χ3v) is 8.99. The Hall–Kier alpha value is -3.21. The molecule has 0 aliphatic heterocycles. The van der Waals surface area contributed by atoms with E-state index >= 15 is 0 Å². The molecule has 1 saturated carbocycles. The average Bonchev–Trinajstić information content (AvgIpc) is 3.46. The quantitative estimate of drug-likeness (QED) is 0.313. The Morgan fingerprint density at radius 2 is 1.06 bits per heavy atom. The first-order valence-corrected chi connectivity index (χ1v) is 13.8. The molecule has 35 heavy (non-hydrogen) atoms. The van der Waals surface area contributed by atoms with Gasteiger partial charge in [0.2, 0.25) is 9.84 Å². The van der Waals surface area contributed by atoms with Crippen LogP contribution in [0.5, 0.6) is 0 Å². The van der Waals surface area contributed by atoms with Crippen molar-refractivity contribution in [3.63, 3.8) is 0 Å². The maximum atomic E-state index is 13.1. The number of hydrogen-bond acceptors (Lipinski definition) is 3. The molecule has 2 atom stereocenters. The predicted molar refractivity (Wildman–Crippen MR) is 140 cm³/mol. The summed E-state index contributed by atoms with van der Waals surface area (Å²) in [5, 5.41) is 11.5. The first kappa shape index (κ1) is 23.5. The molecule has 0 heterocycles. The summed E-state index contributed by atoms with van der Waals surface area (Å²) in [6.45, 7) is 0. The zero-order chi connectivity index (χ0) is 24.3. The van der Waals surface area contributed by atoms with Crippen LogP contribution in [0.1, 0.15) is 42.7 Å². The van der Waals surface area contributed by atoms with Crippen molar-refractivity contribution in [2.75, 3.05) is 0 Å². The minimum absolute atomic E-state index is 0.212. The number of rotatable bonds is 7. The van der Waals surface area contributed by atoms with Gasteiger partial charge in [0.15, 0.2) is 0 Å². The van der Waals surface area contributed by atoms with E-state index in [2.05, 4.69) is 36.4 Å². The molecule has 1 aliphatic carbocycles. The first-order valence-electron chi connectivity index (χ1n) is 12.3. The Balaban J connectivity index is 1.49. The van der Waals surface area contributed by atoms with E-state index in [1.807, 2.05) is 30.3 Å². The number of hydrogen-bond donors (Lipinski definition) is 1. The molecule has 178 valence electrons. The van der Waals surface area contributed by atoms with E-state index in [1.54, 1.807) is 42.5 Å². The summed E-state index contributed by atoms with van der Waals surface area (Å²) in [5.74, 6) is 0.0398. The normalized spacial score (nSPS) is 16.1. The maximum absolute atomic E-state index is 13.1. The minimum Gasteiger partial charge on any atom is -0.392 e. The molecule has 4 aromatic rings. The van der Waals surface area contributed by atoms with Gasteiger partial charge in [0.1, 0.15) is 0 Å². The summed E-state index contributed by atoms with van der Waals surface area (Å²) < 4.78 is 26.1. The summed E-state index contributed by atoms with van der Waals surface area (Å²) in [7, 11) is -3.58. The summed E-state index contributed by atoms with van der Waals surface area (Å²) in [5.41, 5.74) is 4.27. The molecule has 5 rings (SSSR count). The Kier molecular flexibility index (Phi) is 6.85. The molecule has 4 heteroatoms. The van der Waals surface area contributed by atoms with E-state index in [-0.39, 0.29) is 21.6 Å². The van der Waals surface area contributed by atoms with Gasteiger partial charge in [-0.1, -0.05) is 97.8 Å². The van der Waals surface area contributed by atoms with Crippen molar-refractivity contribution in [2.24, 2.45) is 5.92 Å². The van der Waals surface area contributed by atoms with E-state index in [0.717, 1.165) is 47.9 Å². The van der Waals surface area contributed by atoms with Gasteiger partial charge in [-0.25, -0.2) is 8.42 Å². The molecule has 0 radical (unpaired) electrons. The Morgan fingerprint density at radius 3 is 1.63 bits per heavy atom. The van der Waals surface area contributed by atoms with Crippen LogP contribution < -0.4 is 0 Å². The van der Waals surface area contributed by atoms with E-state index in [4.69, 9.17) is 0 Å². The lowest BCUT2D eigenvalue weighted by molar-refractivity contribution is 0.0945. The Labute approximate surface area is 208 Å². The van der Waals surface area contributed by atoms with Crippen molar-refractivity contribution in [1.82, 2.24) is 0 Å². The summed E-state index contributed by atoms with van der Waals surface area (Å²) >= 11 is 0. The van der Waals surface area contributed by atoms with E-state index < -0.39 is 15.9 Å². The zero-order valence-electron chi connectivity index (χ0n) is 19.6. The van der Waals surface area contributed by atoms with Crippen LogP contribution in [0.25, 0.3) is 11.1 Å². The van der Waals surface area contributed by atoms with E-state index in [9.17, 15) is 13.5 Å². The lowest BCUT2D eigenvalue weighted by Gasteiger charge is -2.29. The molecule has 0 amide bonds. The highest BCUT2D eigenvalue weighted by molar-refractivity contribution is 7.91. The van der Waals surface area contributed by atoms with Crippen molar-refractivity contribution < 1.29 is 13.5 Å². The largest absolute Gasteiger partial charge is 0.392 e. The van der Waals surface area contributed by atoms with Gasteiger partial charge in [0, 0.05) is 5.92 Å². The molecule has 0 saturated heterocycles. The topological polar surface area (TPSA) is 54.4 Å². The van der Waals surface area contributed by atoms with Gasteiger partial charge in [-0.05, 0) is 65.3 Å². The van der Waals surface area contributed by atoms with Crippen LogP contribution in [0.2, 0.25) is 0 Å². The lowest BCUT2D eigenvalue weighted by Crippen LogP contribution is -2.27. The van der Waals surface area contributed by atoms with Crippen LogP contribution in [0.4, 0.5) is 0 Å². The van der Waals surface area contributed by atoms with E-state index in [1.165, 1.54) is 0 Å². The molecule has 0 spiro atoms. The minimum atomic E-state index is -3.58. The monoisotopic (exact) mass is 482 g/mol. The highest BCUT2D eigenvalue weighted by Crippen LogP contribution is 2.39. The summed E-state index contributed by atoms with van der Waals surface area (Å²) in [4.78, 5) is 0.549. The third kappa shape index (κ3) is 4.95. The second-order valence-electron chi connectivity index (χ2n) is 9.39. The highest BCUT2D eigenvalue weighted by atomic mass is 32.2. The lowest BCUT2D eigenvalue weighted by atomic mass is 9.80. The van der Waals surface area contributed by atoms with Gasteiger partial charge in [0.25, 0.3) is 0 Å².